The van der Waals surface area contributed by atoms with Crippen molar-refractivity contribution in [2.45, 2.75) is 0 Å². The minimum Gasteiger partial charge on any atom is -0.378 e. The number of hydrogen-bond donors (Lipinski definition) is 1. The number of aromatic amines is 1. The van der Waals surface area contributed by atoms with Crippen molar-refractivity contribution < 1.29 is 4.74 Å². The predicted octanol–water partition coefficient (Wildman–Crippen LogP) is 2.74. The molecule has 2 aromatic heterocycles. The summed E-state index contributed by atoms with van der Waals surface area (Å²) < 4.78 is 7.28. The van der Waals surface area contributed by atoms with Gasteiger partial charge in [0, 0.05) is 24.2 Å². The number of benzene rings is 2. The van der Waals surface area contributed by atoms with E-state index in [1.165, 1.54) is 5.69 Å². The highest BCUT2D eigenvalue weighted by Gasteiger charge is 2.14. The van der Waals surface area contributed by atoms with E-state index in [4.69, 9.17) is 9.72 Å². The summed E-state index contributed by atoms with van der Waals surface area (Å²) in [4.78, 5) is 10.4. The Morgan fingerprint density at radius 1 is 1.04 bits per heavy atom. The van der Waals surface area contributed by atoms with E-state index in [0.717, 1.165) is 54.2 Å². The van der Waals surface area contributed by atoms with Crippen LogP contribution < -0.4 is 4.90 Å². The second-order valence-electron chi connectivity index (χ2n) is 5.98. The van der Waals surface area contributed by atoms with Gasteiger partial charge >= 0.3 is 0 Å². The summed E-state index contributed by atoms with van der Waals surface area (Å²) in [7, 11) is 0. The molecular formula is C18H17N5O. The number of para-hydroxylation sites is 1. The number of nitrogens with zero attached hydrogens (tertiary/aromatic N) is 4. The number of fused-ring (bicyclic) bond motifs is 2. The van der Waals surface area contributed by atoms with Gasteiger partial charge in [-0.25, -0.2) is 4.98 Å². The zero-order chi connectivity index (χ0) is 15.9. The smallest absolute Gasteiger partial charge is 0.229 e. The van der Waals surface area contributed by atoms with Gasteiger partial charge in [0.1, 0.15) is 0 Å². The normalized spacial score (nSPS) is 15.4. The second-order valence-corrected chi connectivity index (χ2v) is 5.98. The fourth-order valence-corrected chi connectivity index (χ4v) is 3.24. The minimum atomic E-state index is 0.741. The third-order valence-electron chi connectivity index (χ3n) is 4.51. The van der Waals surface area contributed by atoms with Crippen molar-refractivity contribution in [1.82, 2.24) is 19.7 Å². The van der Waals surface area contributed by atoms with Gasteiger partial charge in [0.25, 0.3) is 0 Å². The van der Waals surface area contributed by atoms with Gasteiger partial charge in [0.15, 0.2) is 0 Å². The van der Waals surface area contributed by atoms with E-state index in [1.807, 2.05) is 23.0 Å². The number of H-pyrrole nitrogens is 1. The van der Waals surface area contributed by atoms with Crippen LogP contribution in [-0.2, 0) is 4.74 Å². The lowest BCUT2D eigenvalue weighted by molar-refractivity contribution is 0.122. The molecule has 0 saturated carbocycles. The van der Waals surface area contributed by atoms with E-state index in [2.05, 4.69) is 45.3 Å². The van der Waals surface area contributed by atoms with Gasteiger partial charge in [-0.2, -0.15) is 9.78 Å². The number of morpholine rings is 1. The van der Waals surface area contributed by atoms with E-state index < -0.39 is 0 Å². The summed E-state index contributed by atoms with van der Waals surface area (Å²) in [5.41, 5.74) is 4.21. The van der Waals surface area contributed by atoms with Crippen LogP contribution in [-0.4, -0.2) is 46.1 Å². The quantitative estimate of drug-likeness (QED) is 0.617. The number of nitrogens with one attached hydrogen (secondary N) is 1. The van der Waals surface area contributed by atoms with Gasteiger partial charge in [-0.1, -0.05) is 18.2 Å². The van der Waals surface area contributed by atoms with Crippen LogP contribution in [0.1, 0.15) is 0 Å². The largest absolute Gasteiger partial charge is 0.378 e. The van der Waals surface area contributed by atoms with E-state index in [1.54, 1.807) is 0 Å². The monoisotopic (exact) mass is 319 g/mol. The molecule has 120 valence electrons. The van der Waals surface area contributed by atoms with E-state index >= 15 is 0 Å². The SMILES string of the molecule is c1ccc2c(c1)cnn2-c1nc2ccc(N3CCOCC3)cc2[nH]1. The van der Waals surface area contributed by atoms with Gasteiger partial charge in [-0.05, 0) is 24.3 Å². The topological polar surface area (TPSA) is 59.0 Å². The van der Waals surface area contributed by atoms with Crippen LogP contribution in [0.25, 0.3) is 27.9 Å². The average molecular weight is 319 g/mol. The summed E-state index contributed by atoms with van der Waals surface area (Å²) in [6, 6.07) is 14.5. The van der Waals surface area contributed by atoms with E-state index in [-0.39, 0.29) is 0 Å². The molecule has 1 aliphatic heterocycles. The molecule has 0 bridgehead atoms. The highest BCUT2D eigenvalue weighted by molar-refractivity contribution is 5.83. The lowest BCUT2D eigenvalue weighted by Gasteiger charge is -2.28. The van der Waals surface area contributed by atoms with Crippen LogP contribution in [0.4, 0.5) is 5.69 Å². The first-order valence-corrected chi connectivity index (χ1v) is 8.14. The number of hydrogen-bond acceptors (Lipinski definition) is 4. The molecule has 0 radical (unpaired) electrons. The van der Waals surface area contributed by atoms with Crippen molar-refractivity contribution in [1.29, 1.82) is 0 Å². The Morgan fingerprint density at radius 2 is 1.92 bits per heavy atom. The molecule has 1 saturated heterocycles. The standard InChI is InChI=1S/C18H17N5O/c1-2-4-17-13(3-1)12-19-23(17)18-20-15-6-5-14(11-16(15)21-18)22-7-9-24-10-8-22/h1-6,11-12H,7-10H2,(H,20,21). The number of imidazole rings is 1. The Bertz CT molecular complexity index is 1010. The molecular weight excluding hydrogens is 302 g/mol. The third-order valence-corrected chi connectivity index (χ3v) is 4.51. The fraction of sp³-hybridized carbons (Fsp3) is 0.222. The summed E-state index contributed by atoms with van der Waals surface area (Å²) >= 11 is 0. The Balaban J connectivity index is 1.58. The Hall–Kier alpha value is -2.86. The summed E-state index contributed by atoms with van der Waals surface area (Å²) in [6.45, 7) is 3.42. The lowest BCUT2D eigenvalue weighted by Crippen LogP contribution is -2.36. The maximum absolute atomic E-state index is 5.43. The molecule has 0 unspecified atom stereocenters. The molecule has 6 nitrogen and oxygen atoms in total. The zero-order valence-corrected chi connectivity index (χ0v) is 13.1. The number of rotatable bonds is 2. The highest BCUT2D eigenvalue weighted by atomic mass is 16.5. The Kier molecular flexibility index (Phi) is 3.02. The van der Waals surface area contributed by atoms with Crippen molar-refractivity contribution in [2.24, 2.45) is 0 Å². The molecule has 4 aromatic rings. The van der Waals surface area contributed by atoms with E-state index in [9.17, 15) is 0 Å². The summed E-state index contributed by atoms with van der Waals surface area (Å²) in [5, 5.41) is 5.57. The van der Waals surface area contributed by atoms with Crippen LogP contribution in [0.3, 0.4) is 0 Å². The minimum absolute atomic E-state index is 0.741. The maximum Gasteiger partial charge on any atom is 0.229 e. The molecule has 3 heterocycles. The molecule has 6 heteroatoms. The summed E-state index contributed by atoms with van der Waals surface area (Å²) in [6.07, 6.45) is 1.86. The maximum atomic E-state index is 5.43. The molecule has 2 aromatic carbocycles. The second kappa shape index (κ2) is 5.35. The van der Waals surface area contributed by atoms with Crippen LogP contribution in [0, 0.1) is 0 Å². The van der Waals surface area contributed by atoms with Gasteiger partial charge in [-0.15, -0.1) is 0 Å². The fourth-order valence-electron chi connectivity index (χ4n) is 3.24. The van der Waals surface area contributed by atoms with Gasteiger partial charge in [0.05, 0.1) is 36.0 Å². The number of anilines is 1. The molecule has 0 aliphatic carbocycles. The van der Waals surface area contributed by atoms with Crippen molar-refractivity contribution in [3.05, 3.63) is 48.7 Å². The third kappa shape index (κ3) is 2.15. The first kappa shape index (κ1) is 13.6. The van der Waals surface area contributed by atoms with Crippen molar-refractivity contribution in [3.8, 4) is 5.95 Å². The van der Waals surface area contributed by atoms with Crippen LogP contribution in [0.2, 0.25) is 0 Å². The Morgan fingerprint density at radius 3 is 2.83 bits per heavy atom. The molecule has 1 N–H and O–H groups in total. The van der Waals surface area contributed by atoms with Crippen LogP contribution >= 0.6 is 0 Å². The van der Waals surface area contributed by atoms with Crippen LogP contribution in [0.5, 0.6) is 0 Å². The lowest BCUT2D eigenvalue weighted by atomic mass is 10.2. The molecule has 0 amide bonds. The molecule has 0 spiro atoms. The zero-order valence-electron chi connectivity index (χ0n) is 13.1. The number of ether oxygens (including phenoxy) is 1. The van der Waals surface area contributed by atoms with Crippen molar-refractivity contribution >= 4 is 27.6 Å². The van der Waals surface area contributed by atoms with Crippen molar-refractivity contribution in [3.63, 3.8) is 0 Å². The van der Waals surface area contributed by atoms with Gasteiger partial charge in [0.2, 0.25) is 5.95 Å². The summed E-state index contributed by atoms with van der Waals surface area (Å²) in [5.74, 6) is 0.741. The van der Waals surface area contributed by atoms with Crippen LogP contribution in [0.15, 0.2) is 48.7 Å². The number of aromatic nitrogens is 4. The molecule has 24 heavy (non-hydrogen) atoms. The average Bonchev–Trinajstić information content (AvgIpc) is 3.25. The molecule has 5 rings (SSSR count). The molecule has 0 atom stereocenters. The van der Waals surface area contributed by atoms with Gasteiger partial charge < -0.3 is 14.6 Å². The Labute approximate surface area is 138 Å². The van der Waals surface area contributed by atoms with E-state index in [0.29, 0.717) is 0 Å². The highest BCUT2D eigenvalue weighted by Crippen LogP contribution is 2.24. The molecule has 1 fully saturated rings. The van der Waals surface area contributed by atoms with Gasteiger partial charge in [-0.3, -0.25) is 0 Å². The predicted molar refractivity (Wildman–Crippen MR) is 93.8 cm³/mol. The first-order valence-electron chi connectivity index (χ1n) is 8.14. The van der Waals surface area contributed by atoms with Crippen molar-refractivity contribution in [2.75, 3.05) is 31.2 Å². The first-order chi connectivity index (χ1) is 11.9. The molecule has 1 aliphatic rings.